The lowest BCUT2D eigenvalue weighted by atomic mass is 9.95. The number of aromatic nitrogens is 2. The molecule has 2 aliphatic heterocycles. The summed E-state index contributed by atoms with van der Waals surface area (Å²) in [6.07, 6.45) is 4.44. The largest absolute Gasteiger partial charge is 0.373 e. The van der Waals surface area contributed by atoms with Crippen molar-refractivity contribution in [1.82, 2.24) is 19.9 Å². The second kappa shape index (κ2) is 10.5. The van der Waals surface area contributed by atoms with Gasteiger partial charge in [0.2, 0.25) is 17.6 Å². The second-order valence-electron chi connectivity index (χ2n) is 9.17. The van der Waals surface area contributed by atoms with Crippen molar-refractivity contribution in [2.45, 2.75) is 58.2 Å². The number of aryl methyl sites for hydroxylation is 1. The van der Waals surface area contributed by atoms with E-state index < -0.39 is 0 Å². The number of nitrogens with zero attached hydrogens (tertiary/aromatic N) is 4. The monoisotopic (exact) mass is 444 g/mol. The third kappa shape index (κ3) is 6.13. The number of piperidine rings is 1. The van der Waals surface area contributed by atoms with Crippen LogP contribution in [0.25, 0.3) is 11.4 Å². The van der Waals surface area contributed by atoms with Crippen LogP contribution in [0.15, 0.2) is 28.8 Å². The highest BCUT2D eigenvalue weighted by Gasteiger charge is 2.27. The molecule has 0 bridgehead atoms. The molecule has 4 rings (SSSR count). The van der Waals surface area contributed by atoms with Gasteiger partial charge >= 0.3 is 0 Å². The summed E-state index contributed by atoms with van der Waals surface area (Å²) in [5.74, 6) is 1.50. The third-order valence-electron chi connectivity index (χ3n) is 6.33. The van der Waals surface area contributed by atoms with Gasteiger partial charge in [-0.3, -0.25) is 9.69 Å². The summed E-state index contributed by atoms with van der Waals surface area (Å²) in [6, 6.07) is 5.99. The van der Waals surface area contributed by atoms with Gasteiger partial charge in [0, 0.05) is 51.1 Å². The number of amides is 1. The van der Waals surface area contributed by atoms with Crippen molar-refractivity contribution >= 4 is 5.91 Å². The van der Waals surface area contributed by atoms with Crippen molar-refractivity contribution in [2.24, 2.45) is 5.92 Å². The van der Waals surface area contributed by atoms with E-state index in [-0.39, 0.29) is 11.7 Å². The van der Waals surface area contributed by atoms with Crippen LogP contribution in [-0.2, 0) is 16.0 Å². The maximum atomic E-state index is 13.1. The standard InChI is InChI=1S/C24H33FN4O3/c1-17-14-28(15-18(2)31-17)16-19-10-12-29(13-11-19)23(30)5-3-4-22-26-24(27-32-22)20-6-8-21(25)9-7-20/h6-9,17-19H,3-5,10-16H2,1-2H3. The minimum Gasteiger partial charge on any atom is -0.373 e. The van der Waals surface area contributed by atoms with Gasteiger partial charge in [-0.05, 0) is 63.3 Å². The molecule has 2 aliphatic rings. The number of morpholine rings is 1. The highest BCUT2D eigenvalue weighted by Crippen LogP contribution is 2.22. The van der Waals surface area contributed by atoms with Crippen molar-refractivity contribution in [3.05, 3.63) is 36.0 Å². The molecule has 2 unspecified atom stereocenters. The van der Waals surface area contributed by atoms with E-state index in [1.807, 2.05) is 4.90 Å². The minimum atomic E-state index is -0.301. The van der Waals surface area contributed by atoms with Crippen LogP contribution in [0.5, 0.6) is 0 Å². The molecule has 2 saturated heterocycles. The second-order valence-corrected chi connectivity index (χ2v) is 9.17. The topological polar surface area (TPSA) is 71.7 Å². The number of halogens is 1. The molecule has 2 fully saturated rings. The first-order valence-corrected chi connectivity index (χ1v) is 11.7. The average molecular weight is 445 g/mol. The highest BCUT2D eigenvalue weighted by atomic mass is 19.1. The number of carbonyl (C=O) groups excluding carboxylic acids is 1. The first kappa shape index (κ1) is 22.9. The first-order chi connectivity index (χ1) is 15.5. The number of ether oxygens (including phenoxy) is 1. The van der Waals surface area contributed by atoms with Crippen LogP contribution >= 0.6 is 0 Å². The van der Waals surface area contributed by atoms with Crippen LogP contribution in [0.2, 0.25) is 0 Å². The Hall–Kier alpha value is -2.32. The fourth-order valence-corrected chi connectivity index (χ4v) is 4.79. The molecule has 2 atom stereocenters. The zero-order valence-electron chi connectivity index (χ0n) is 19.0. The van der Waals surface area contributed by atoms with Gasteiger partial charge in [-0.2, -0.15) is 4.98 Å². The van der Waals surface area contributed by atoms with E-state index >= 15 is 0 Å². The van der Waals surface area contributed by atoms with Crippen molar-refractivity contribution < 1.29 is 18.4 Å². The van der Waals surface area contributed by atoms with Crippen LogP contribution in [0.4, 0.5) is 4.39 Å². The quantitative estimate of drug-likeness (QED) is 0.651. The molecular formula is C24H33FN4O3. The summed E-state index contributed by atoms with van der Waals surface area (Å²) in [7, 11) is 0. The van der Waals surface area contributed by atoms with Crippen LogP contribution in [-0.4, -0.2) is 70.8 Å². The van der Waals surface area contributed by atoms with E-state index in [9.17, 15) is 9.18 Å². The van der Waals surface area contributed by atoms with Crippen LogP contribution < -0.4 is 0 Å². The van der Waals surface area contributed by atoms with Crippen LogP contribution in [0, 0.1) is 11.7 Å². The fourth-order valence-electron chi connectivity index (χ4n) is 4.79. The molecule has 0 radical (unpaired) electrons. The summed E-state index contributed by atoms with van der Waals surface area (Å²) < 4.78 is 24.2. The Kier molecular flexibility index (Phi) is 7.52. The molecule has 1 amide bonds. The number of hydrogen-bond acceptors (Lipinski definition) is 6. The van der Waals surface area contributed by atoms with Gasteiger partial charge in [0.25, 0.3) is 0 Å². The molecule has 2 aromatic rings. The molecule has 0 aliphatic carbocycles. The van der Waals surface area contributed by atoms with Gasteiger partial charge in [0.15, 0.2) is 0 Å². The lowest BCUT2D eigenvalue weighted by molar-refractivity contribution is -0.132. The number of likely N-dealkylation sites (tertiary alicyclic amines) is 1. The molecular weight excluding hydrogens is 411 g/mol. The number of rotatable bonds is 7. The highest BCUT2D eigenvalue weighted by molar-refractivity contribution is 5.76. The predicted octanol–water partition coefficient (Wildman–Crippen LogP) is 3.55. The molecule has 1 aromatic heterocycles. The summed E-state index contributed by atoms with van der Waals surface area (Å²) in [6.45, 7) is 9.07. The lowest BCUT2D eigenvalue weighted by Gasteiger charge is -2.39. The molecule has 1 aromatic carbocycles. The molecule has 0 N–H and O–H groups in total. The van der Waals surface area contributed by atoms with E-state index in [1.54, 1.807) is 12.1 Å². The number of carbonyl (C=O) groups is 1. The smallest absolute Gasteiger partial charge is 0.226 e. The van der Waals surface area contributed by atoms with Crippen molar-refractivity contribution in [1.29, 1.82) is 0 Å². The van der Waals surface area contributed by atoms with Gasteiger partial charge in [0.1, 0.15) is 5.82 Å². The Morgan fingerprint density at radius 2 is 1.81 bits per heavy atom. The molecule has 0 saturated carbocycles. The van der Waals surface area contributed by atoms with E-state index in [4.69, 9.17) is 9.26 Å². The van der Waals surface area contributed by atoms with E-state index in [0.29, 0.717) is 54.7 Å². The maximum absolute atomic E-state index is 13.1. The predicted molar refractivity (Wildman–Crippen MR) is 118 cm³/mol. The van der Waals surface area contributed by atoms with Crippen molar-refractivity contribution in [3.63, 3.8) is 0 Å². The lowest BCUT2D eigenvalue weighted by Crippen LogP contribution is -2.48. The number of hydrogen-bond donors (Lipinski definition) is 0. The van der Waals surface area contributed by atoms with Gasteiger partial charge in [-0.1, -0.05) is 5.16 Å². The summed E-state index contributed by atoms with van der Waals surface area (Å²) in [5, 5.41) is 3.95. The van der Waals surface area contributed by atoms with Gasteiger partial charge < -0.3 is 14.2 Å². The third-order valence-corrected chi connectivity index (χ3v) is 6.33. The van der Waals surface area contributed by atoms with E-state index in [1.165, 1.54) is 12.1 Å². The molecule has 3 heterocycles. The fraction of sp³-hybridized carbons (Fsp3) is 0.625. The normalized spacial score (nSPS) is 22.9. The van der Waals surface area contributed by atoms with E-state index in [2.05, 4.69) is 28.9 Å². The zero-order valence-corrected chi connectivity index (χ0v) is 19.0. The SMILES string of the molecule is CC1CN(CC2CCN(C(=O)CCCc3nc(-c4ccc(F)cc4)no3)CC2)CC(C)O1. The molecule has 0 spiro atoms. The molecule has 174 valence electrons. The Balaban J connectivity index is 1.16. The van der Waals surface area contributed by atoms with Crippen molar-refractivity contribution in [3.8, 4) is 11.4 Å². The van der Waals surface area contributed by atoms with Crippen molar-refractivity contribution in [2.75, 3.05) is 32.7 Å². The van der Waals surface area contributed by atoms with E-state index in [0.717, 1.165) is 45.6 Å². The Morgan fingerprint density at radius 3 is 2.50 bits per heavy atom. The maximum Gasteiger partial charge on any atom is 0.226 e. The first-order valence-electron chi connectivity index (χ1n) is 11.7. The summed E-state index contributed by atoms with van der Waals surface area (Å²) >= 11 is 0. The molecule has 7 nitrogen and oxygen atoms in total. The van der Waals surface area contributed by atoms with Gasteiger partial charge in [-0.15, -0.1) is 0 Å². The summed E-state index contributed by atoms with van der Waals surface area (Å²) in [4.78, 5) is 21.5. The number of benzene rings is 1. The average Bonchev–Trinajstić information content (AvgIpc) is 3.23. The van der Waals surface area contributed by atoms with Gasteiger partial charge in [-0.25, -0.2) is 4.39 Å². The van der Waals surface area contributed by atoms with Crippen LogP contribution in [0.1, 0.15) is 45.4 Å². The Labute approximate surface area is 188 Å². The Bertz CT molecular complexity index is 870. The minimum absolute atomic E-state index is 0.204. The Morgan fingerprint density at radius 1 is 1.12 bits per heavy atom. The zero-order chi connectivity index (χ0) is 22.5. The van der Waals surface area contributed by atoms with Gasteiger partial charge in [0.05, 0.1) is 12.2 Å². The summed E-state index contributed by atoms with van der Waals surface area (Å²) in [5.41, 5.74) is 0.710. The van der Waals surface area contributed by atoms with Crippen LogP contribution in [0.3, 0.4) is 0 Å². The molecule has 32 heavy (non-hydrogen) atoms. The molecule has 8 heteroatoms.